The van der Waals surface area contributed by atoms with Crippen molar-refractivity contribution >= 4 is 21.7 Å². The SMILES string of the molecule is CC(=O)c1ccc(S(=O)(=O)NCc2ccc(C(=O)NCC(C(C)C)N(C)C)cc2)cc1. The molecule has 0 spiro atoms. The van der Waals surface area contributed by atoms with Gasteiger partial charge in [0.15, 0.2) is 5.78 Å². The van der Waals surface area contributed by atoms with E-state index in [1.54, 1.807) is 24.3 Å². The number of nitrogens with zero attached hydrogens (tertiary/aromatic N) is 1. The highest BCUT2D eigenvalue weighted by molar-refractivity contribution is 7.89. The van der Waals surface area contributed by atoms with Crippen LogP contribution < -0.4 is 10.0 Å². The minimum Gasteiger partial charge on any atom is -0.350 e. The Kier molecular flexibility index (Phi) is 8.50. The van der Waals surface area contributed by atoms with Crippen LogP contribution in [0.4, 0.5) is 0 Å². The molecule has 168 valence electrons. The van der Waals surface area contributed by atoms with E-state index in [9.17, 15) is 18.0 Å². The lowest BCUT2D eigenvalue weighted by Crippen LogP contribution is -2.43. The number of hydrogen-bond donors (Lipinski definition) is 2. The van der Waals surface area contributed by atoms with Gasteiger partial charge in [-0.15, -0.1) is 0 Å². The molecule has 2 aromatic rings. The van der Waals surface area contributed by atoms with Crippen LogP contribution in [0.25, 0.3) is 0 Å². The van der Waals surface area contributed by atoms with E-state index in [0.717, 1.165) is 5.56 Å². The van der Waals surface area contributed by atoms with Gasteiger partial charge in [0.1, 0.15) is 0 Å². The van der Waals surface area contributed by atoms with Crippen molar-refractivity contribution < 1.29 is 18.0 Å². The molecule has 0 fully saturated rings. The molecule has 0 heterocycles. The molecule has 0 saturated heterocycles. The third kappa shape index (κ3) is 6.99. The molecule has 7 nitrogen and oxygen atoms in total. The number of amides is 1. The van der Waals surface area contributed by atoms with Gasteiger partial charge in [0.2, 0.25) is 10.0 Å². The van der Waals surface area contributed by atoms with Gasteiger partial charge in [0.05, 0.1) is 4.90 Å². The van der Waals surface area contributed by atoms with E-state index in [0.29, 0.717) is 23.6 Å². The Labute approximate surface area is 184 Å². The Morgan fingerprint density at radius 2 is 1.48 bits per heavy atom. The molecule has 8 heteroatoms. The summed E-state index contributed by atoms with van der Waals surface area (Å²) in [5.74, 6) is 0.122. The van der Waals surface area contributed by atoms with Crippen LogP contribution in [0.15, 0.2) is 53.4 Å². The Hall–Kier alpha value is -2.55. The van der Waals surface area contributed by atoms with Crippen LogP contribution in [0.2, 0.25) is 0 Å². The molecule has 1 unspecified atom stereocenters. The molecule has 2 aromatic carbocycles. The molecule has 0 bridgehead atoms. The largest absolute Gasteiger partial charge is 0.350 e. The Morgan fingerprint density at radius 1 is 0.935 bits per heavy atom. The van der Waals surface area contributed by atoms with Gasteiger partial charge in [0, 0.05) is 30.3 Å². The number of sulfonamides is 1. The van der Waals surface area contributed by atoms with E-state index >= 15 is 0 Å². The van der Waals surface area contributed by atoms with Gasteiger partial charge in [-0.1, -0.05) is 38.1 Å². The van der Waals surface area contributed by atoms with E-state index in [2.05, 4.69) is 28.8 Å². The van der Waals surface area contributed by atoms with Gasteiger partial charge in [-0.3, -0.25) is 9.59 Å². The number of carbonyl (C=O) groups excluding carboxylic acids is 2. The molecule has 0 radical (unpaired) electrons. The van der Waals surface area contributed by atoms with E-state index in [4.69, 9.17) is 0 Å². The summed E-state index contributed by atoms with van der Waals surface area (Å²) in [6, 6.07) is 12.8. The predicted molar refractivity (Wildman–Crippen MR) is 122 cm³/mol. The molecule has 0 aliphatic rings. The number of Topliss-reactive ketones (excluding diaryl/α,β-unsaturated/α-hetero) is 1. The fourth-order valence-corrected chi connectivity index (χ4v) is 4.24. The number of ketones is 1. The molecule has 1 atom stereocenters. The lowest BCUT2D eigenvalue weighted by Gasteiger charge is -2.28. The van der Waals surface area contributed by atoms with Crippen molar-refractivity contribution in [3.05, 3.63) is 65.2 Å². The van der Waals surface area contributed by atoms with Crippen LogP contribution in [-0.2, 0) is 16.6 Å². The number of hydrogen-bond acceptors (Lipinski definition) is 5. The molecule has 2 N–H and O–H groups in total. The Bertz CT molecular complexity index is 990. The first-order valence-corrected chi connectivity index (χ1v) is 11.6. The minimum absolute atomic E-state index is 0.0918. The number of carbonyl (C=O) groups is 2. The maximum absolute atomic E-state index is 12.5. The van der Waals surface area contributed by atoms with Crippen LogP contribution in [0.1, 0.15) is 47.1 Å². The average molecular weight is 446 g/mol. The highest BCUT2D eigenvalue weighted by Gasteiger charge is 2.17. The van der Waals surface area contributed by atoms with Crippen molar-refractivity contribution in [3.63, 3.8) is 0 Å². The van der Waals surface area contributed by atoms with Crippen LogP contribution in [-0.4, -0.2) is 51.7 Å². The van der Waals surface area contributed by atoms with Crippen LogP contribution in [0.5, 0.6) is 0 Å². The van der Waals surface area contributed by atoms with Crippen LogP contribution in [0, 0.1) is 5.92 Å². The zero-order chi connectivity index (χ0) is 23.2. The molecule has 0 aromatic heterocycles. The van der Waals surface area contributed by atoms with Crippen LogP contribution in [0.3, 0.4) is 0 Å². The molecular weight excluding hydrogens is 414 g/mol. The van der Waals surface area contributed by atoms with Crippen LogP contribution >= 0.6 is 0 Å². The molecule has 0 saturated carbocycles. The summed E-state index contributed by atoms with van der Waals surface area (Å²) in [6.45, 7) is 6.30. The van der Waals surface area contributed by atoms with E-state index in [-0.39, 0.29) is 29.2 Å². The van der Waals surface area contributed by atoms with Gasteiger partial charge in [-0.05, 0) is 56.8 Å². The normalized spacial score (nSPS) is 12.7. The average Bonchev–Trinajstić information content (AvgIpc) is 2.72. The van der Waals surface area contributed by atoms with Gasteiger partial charge < -0.3 is 10.2 Å². The van der Waals surface area contributed by atoms with E-state index in [1.807, 2.05) is 14.1 Å². The van der Waals surface area contributed by atoms with Crippen molar-refractivity contribution in [1.29, 1.82) is 0 Å². The first-order chi connectivity index (χ1) is 14.5. The van der Waals surface area contributed by atoms with Gasteiger partial charge in [0.25, 0.3) is 5.91 Å². The summed E-state index contributed by atoms with van der Waals surface area (Å²) in [4.78, 5) is 25.9. The topological polar surface area (TPSA) is 95.6 Å². The fourth-order valence-electron chi connectivity index (χ4n) is 3.22. The van der Waals surface area contributed by atoms with Crippen molar-refractivity contribution in [2.24, 2.45) is 5.92 Å². The number of nitrogens with one attached hydrogen (secondary N) is 2. The first kappa shape index (κ1) is 24.7. The molecule has 1 amide bonds. The third-order valence-electron chi connectivity index (χ3n) is 5.16. The summed E-state index contributed by atoms with van der Waals surface area (Å²) < 4.78 is 27.4. The lowest BCUT2D eigenvalue weighted by molar-refractivity contribution is 0.0934. The summed E-state index contributed by atoms with van der Waals surface area (Å²) >= 11 is 0. The zero-order valence-electron chi connectivity index (χ0n) is 18.7. The van der Waals surface area contributed by atoms with Gasteiger partial charge >= 0.3 is 0 Å². The second-order valence-corrected chi connectivity index (χ2v) is 9.85. The first-order valence-electron chi connectivity index (χ1n) is 10.2. The second-order valence-electron chi connectivity index (χ2n) is 8.09. The quantitative estimate of drug-likeness (QED) is 0.548. The van der Waals surface area contributed by atoms with Crippen molar-refractivity contribution in [3.8, 4) is 0 Å². The third-order valence-corrected chi connectivity index (χ3v) is 6.58. The van der Waals surface area contributed by atoms with Gasteiger partial charge in [-0.2, -0.15) is 0 Å². The Balaban J connectivity index is 1.96. The monoisotopic (exact) mass is 445 g/mol. The molecular formula is C23H31N3O4S. The summed E-state index contributed by atoms with van der Waals surface area (Å²) in [5, 5.41) is 2.96. The van der Waals surface area contributed by atoms with Crippen molar-refractivity contribution in [2.45, 2.75) is 38.3 Å². The smallest absolute Gasteiger partial charge is 0.251 e. The zero-order valence-corrected chi connectivity index (χ0v) is 19.5. The second kappa shape index (κ2) is 10.7. The fraction of sp³-hybridized carbons (Fsp3) is 0.391. The maximum Gasteiger partial charge on any atom is 0.251 e. The molecule has 0 aliphatic carbocycles. The standard InChI is InChI=1S/C23H31N3O4S/c1-16(2)22(26(4)5)15-24-23(28)20-8-6-18(7-9-20)14-25-31(29,30)21-12-10-19(11-13-21)17(3)27/h6-13,16,22,25H,14-15H2,1-5H3,(H,24,28). The Morgan fingerprint density at radius 3 is 1.97 bits per heavy atom. The maximum atomic E-state index is 12.5. The van der Waals surface area contributed by atoms with E-state index < -0.39 is 10.0 Å². The number of rotatable bonds is 10. The van der Waals surface area contributed by atoms with Gasteiger partial charge in [-0.25, -0.2) is 13.1 Å². The van der Waals surface area contributed by atoms with Crippen molar-refractivity contribution in [1.82, 2.24) is 14.9 Å². The molecule has 2 rings (SSSR count). The lowest BCUT2D eigenvalue weighted by atomic mass is 10.0. The molecule has 31 heavy (non-hydrogen) atoms. The summed E-state index contributed by atoms with van der Waals surface area (Å²) in [5.41, 5.74) is 1.71. The number of likely N-dealkylation sites (N-methyl/N-ethyl adjacent to an activating group) is 1. The predicted octanol–water partition coefficient (Wildman–Crippen LogP) is 2.68. The van der Waals surface area contributed by atoms with E-state index in [1.165, 1.54) is 31.2 Å². The highest BCUT2D eigenvalue weighted by atomic mass is 32.2. The summed E-state index contributed by atoms with van der Waals surface area (Å²) in [7, 11) is 0.274. The minimum atomic E-state index is -3.71. The van der Waals surface area contributed by atoms with Crippen molar-refractivity contribution in [2.75, 3.05) is 20.6 Å². The highest BCUT2D eigenvalue weighted by Crippen LogP contribution is 2.13. The summed E-state index contributed by atoms with van der Waals surface area (Å²) in [6.07, 6.45) is 0. The molecule has 0 aliphatic heterocycles. The number of benzene rings is 2.